The lowest BCUT2D eigenvalue weighted by molar-refractivity contribution is 1.16. The summed E-state index contributed by atoms with van der Waals surface area (Å²) in [6.07, 6.45) is 3.54. The van der Waals surface area contributed by atoms with Crippen molar-refractivity contribution in [1.29, 1.82) is 0 Å². The van der Waals surface area contributed by atoms with Gasteiger partial charge >= 0.3 is 0 Å². The zero-order valence-corrected chi connectivity index (χ0v) is 6.77. The molecule has 6 heteroatoms. The topological polar surface area (TPSA) is 129 Å². The minimum Gasteiger partial charge on any atom is -0.370 e. The molecule has 0 bridgehead atoms. The van der Waals surface area contributed by atoms with Crippen LogP contribution in [0.25, 0.3) is 0 Å². The average molecular weight is 170 g/mol. The Bertz CT molecular complexity index is 174. The van der Waals surface area contributed by atoms with Crippen molar-refractivity contribution >= 4 is 11.9 Å². The van der Waals surface area contributed by atoms with E-state index in [0.717, 1.165) is 0 Å². The van der Waals surface area contributed by atoms with Crippen LogP contribution in [0.3, 0.4) is 0 Å². The molecule has 0 saturated heterocycles. The van der Waals surface area contributed by atoms with E-state index in [9.17, 15) is 0 Å². The van der Waals surface area contributed by atoms with E-state index in [1.807, 2.05) is 0 Å². The van der Waals surface area contributed by atoms with Crippen molar-refractivity contribution in [2.24, 2.45) is 32.9 Å². The van der Waals surface area contributed by atoms with Crippen molar-refractivity contribution in [3.63, 3.8) is 0 Å². The molecule has 0 aromatic carbocycles. The molecule has 6 nitrogen and oxygen atoms in total. The first-order valence-corrected chi connectivity index (χ1v) is 3.38. The highest BCUT2D eigenvalue weighted by atomic mass is 15.0. The van der Waals surface area contributed by atoms with Gasteiger partial charge in [-0.1, -0.05) is 12.2 Å². The molecule has 8 N–H and O–H groups in total. The Morgan fingerprint density at radius 1 is 0.833 bits per heavy atom. The lowest BCUT2D eigenvalue weighted by atomic mass is 10.5. The molecule has 0 atom stereocenters. The maximum atomic E-state index is 5.08. The molecule has 0 aliphatic rings. The Kier molecular flexibility index (Phi) is 5.16. The van der Waals surface area contributed by atoms with Crippen LogP contribution in [-0.2, 0) is 0 Å². The van der Waals surface area contributed by atoms with Crippen molar-refractivity contribution in [3.05, 3.63) is 12.2 Å². The predicted molar refractivity (Wildman–Crippen MR) is 50.5 cm³/mol. The molecule has 0 spiro atoms. The van der Waals surface area contributed by atoms with Crippen LogP contribution >= 0.6 is 0 Å². The molecule has 0 rings (SSSR count). The molecule has 0 aromatic rings. The van der Waals surface area contributed by atoms with Crippen LogP contribution in [0.5, 0.6) is 0 Å². The third kappa shape index (κ3) is 8.28. The first-order valence-electron chi connectivity index (χ1n) is 3.38. The molecule has 68 valence electrons. The number of aliphatic imine (C=N–C) groups is 2. The molecule has 0 aromatic heterocycles. The largest absolute Gasteiger partial charge is 0.370 e. The van der Waals surface area contributed by atoms with E-state index in [-0.39, 0.29) is 11.9 Å². The summed E-state index contributed by atoms with van der Waals surface area (Å²) in [4.78, 5) is 7.43. The minimum absolute atomic E-state index is 0.0708. The predicted octanol–water partition coefficient (Wildman–Crippen LogP) is -1.91. The van der Waals surface area contributed by atoms with Gasteiger partial charge in [-0.25, -0.2) is 9.98 Å². The van der Waals surface area contributed by atoms with Gasteiger partial charge in [0.15, 0.2) is 11.9 Å². The van der Waals surface area contributed by atoms with E-state index in [2.05, 4.69) is 9.98 Å². The van der Waals surface area contributed by atoms with Crippen molar-refractivity contribution < 1.29 is 0 Å². The van der Waals surface area contributed by atoms with Gasteiger partial charge in [0.05, 0.1) is 13.1 Å². The van der Waals surface area contributed by atoms with Crippen LogP contribution in [0.2, 0.25) is 0 Å². The summed E-state index contributed by atoms with van der Waals surface area (Å²) in [6.45, 7) is 0.894. The Hall–Kier alpha value is -1.72. The molecule has 0 heterocycles. The van der Waals surface area contributed by atoms with Crippen LogP contribution < -0.4 is 22.9 Å². The number of hydrogen-bond acceptors (Lipinski definition) is 2. The first kappa shape index (κ1) is 10.3. The third-order valence-corrected chi connectivity index (χ3v) is 0.925. The van der Waals surface area contributed by atoms with Crippen LogP contribution in [0.4, 0.5) is 0 Å². The zero-order valence-electron chi connectivity index (χ0n) is 6.77. The van der Waals surface area contributed by atoms with E-state index >= 15 is 0 Å². The lowest BCUT2D eigenvalue weighted by Gasteiger charge is -1.88. The highest BCUT2D eigenvalue weighted by molar-refractivity contribution is 5.76. The van der Waals surface area contributed by atoms with Gasteiger partial charge in [-0.05, 0) is 0 Å². The van der Waals surface area contributed by atoms with Crippen LogP contribution in [0.15, 0.2) is 22.1 Å². The molecule has 0 fully saturated rings. The van der Waals surface area contributed by atoms with Gasteiger partial charge in [-0.15, -0.1) is 0 Å². The number of nitrogens with two attached hydrogens (primary N) is 4. The van der Waals surface area contributed by atoms with Crippen molar-refractivity contribution in [1.82, 2.24) is 0 Å². The Balaban J connectivity index is 3.52. The first-order chi connectivity index (χ1) is 5.63. The van der Waals surface area contributed by atoms with Crippen LogP contribution in [-0.4, -0.2) is 25.0 Å². The van der Waals surface area contributed by atoms with Gasteiger partial charge in [0.1, 0.15) is 0 Å². The van der Waals surface area contributed by atoms with E-state index < -0.39 is 0 Å². The normalized spacial score (nSPS) is 9.67. The van der Waals surface area contributed by atoms with E-state index in [1.165, 1.54) is 0 Å². The zero-order chi connectivity index (χ0) is 9.40. The summed E-state index contributed by atoms with van der Waals surface area (Å²) in [7, 11) is 0. The Morgan fingerprint density at radius 3 is 1.42 bits per heavy atom. The Morgan fingerprint density at radius 2 is 1.17 bits per heavy atom. The standard InChI is InChI=1S/C6H14N6/c7-5(8)11-3-1-2-4-12-6(9)10/h1-2H,3-4H2,(H4,7,8,11)(H4,9,10,12)/b2-1+. The fourth-order valence-corrected chi connectivity index (χ4v) is 0.465. The maximum Gasteiger partial charge on any atom is 0.186 e. The smallest absolute Gasteiger partial charge is 0.186 e. The maximum absolute atomic E-state index is 5.08. The summed E-state index contributed by atoms with van der Waals surface area (Å²) < 4.78 is 0. The summed E-state index contributed by atoms with van der Waals surface area (Å²) in [5.41, 5.74) is 20.3. The summed E-state index contributed by atoms with van der Waals surface area (Å²) in [5.74, 6) is 0.142. The number of guanidine groups is 2. The lowest BCUT2D eigenvalue weighted by Crippen LogP contribution is -2.23. The van der Waals surface area contributed by atoms with Gasteiger partial charge in [0.25, 0.3) is 0 Å². The van der Waals surface area contributed by atoms with Crippen LogP contribution in [0.1, 0.15) is 0 Å². The van der Waals surface area contributed by atoms with Gasteiger partial charge in [0, 0.05) is 0 Å². The molecule has 0 aliphatic heterocycles. The molecular weight excluding hydrogens is 156 g/mol. The van der Waals surface area contributed by atoms with E-state index in [0.29, 0.717) is 13.1 Å². The van der Waals surface area contributed by atoms with Crippen molar-refractivity contribution in [3.8, 4) is 0 Å². The second-order valence-corrected chi connectivity index (χ2v) is 2.00. The molecular formula is C6H14N6. The fraction of sp³-hybridized carbons (Fsp3) is 0.333. The van der Waals surface area contributed by atoms with Crippen molar-refractivity contribution in [2.75, 3.05) is 13.1 Å². The highest BCUT2D eigenvalue weighted by Gasteiger charge is 1.77. The average Bonchev–Trinajstić information content (AvgIpc) is 1.95. The summed E-state index contributed by atoms with van der Waals surface area (Å²) in [5, 5.41) is 0. The molecule has 0 saturated carbocycles. The van der Waals surface area contributed by atoms with E-state index in [4.69, 9.17) is 22.9 Å². The monoisotopic (exact) mass is 170 g/mol. The highest BCUT2D eigenvalue weighted by Crippen LogP contribution is 1.76. The van der Waals surface area contributed by atoms with Gasteiger partial charge in [0.2, 0.25) is 0 Å². The summed E-state index contributed by atoms with van der Waals surface area (Å²) >= 11 is 0. The quantitative estimate of drug-likeness (QED) is 0.223. The molecule has 12 heavy (non-hydrogen) atoms. The summed E-state index contributed by atoms with van der Waals surface area (Å²) in [6, 6.07) is 0. The minimum atomic E-state index is 0.0708. The molecule has 0 amide bonds. The van der Waals surface area contributed by atoms with Crippen molar-refractivity contribution in [2.45, 2.75) is 0 Å². The Labute approximate surface area is 71.0 Å². The molecule has 0 radical (unpaired) electrons. The van der Waals surface area contributed by atoms with Gasteiger partial charge < -0.3 is 22.9 Å². The van der Waals surface area contributed by atoms with Gasteiger partial charge in [-0.3, -0.25) is 0 Å². The fourth-order valence-electron chi connectivity index (χ4n) is 0.465. The van der Waals surface area contributed by atoms with E-state index in [1.54, 1.807) is 12.2 Å². The third-order valence-electron chi connectivity index (χ3n) is 0.925. The second-order valence-electron chi connectivity index (χ2n) is 2.00. The van der Waals surface area contributed by atoms with Gasteiger partial charge in [-0.2, -0.15) is 0 Å². The number of nitrogens with zero attached hydrogens (tertiary/aromatic N) is 2. The van der Waals surface area contributed by atoms with Crippen LogP contribution in [0, 0.1) is 0 Å². The number of hydrogen-bond donors (Lipinski definition) is 4. The molecule has 0 aliphatic carbocycles. The molecule has 0 unspecified atom stereocenters. The number of rotatable bonds is 4. The second kappa shape index (κ2) is 6.02. The SMILES string of the molecule is NC(N)=NC/C=C/CN=C(N)N.